The summed E-state index contributed by atoms with van der Waals surface area (Å²) in [5.41, 5.74) is 5.15. The Morgan fingerprint density at radius 2 is 2.00 bits per heavy atom. The summed E-state index contributed by atoms with van der Waals surface area (Å²) in [5, 5.41) is 4.75. The van der Waals surface area contributed by atoms with Crippen LogP contribution in [0.1, 0.15) is 28.8 Å². The second kappa shape index (κ2) is 8.59. The van der Waals surface area contributed by atoms with Crippen LogP contribution in [0.3, 0.4) is 0 Å². The molecule has 30 heavy (non-hydrogen) atoms. The summed E-state index contributed by atoms with van der Waals surface area (Å²) in [5.74, 6) is 1.67. The number of carbonyl (C=O) groups is 1. The molecule has 2 aromatic carbocycles. The molecule has 0 bridgehead atoms. The number of hydrogen-bond acceptors (Lipinski definition) is 5. The molecule has 1 N–H and O–H groups in total. The molecule has 2 heterocycles. The van der Waals surface area contributed by atoms with Gasteiger partial charge < -0.3 is 13.6 Å². The van der Waals surface area contributed by atoms with Gasteiger partial charge in [-0.1, -0.05) is 22.0 Å². The lowest BCUT2D eigenvalue weighted by Gasteiger charge is -2.01. The maximum atomic E-state index is 12.3. The largest absolute Gasteiger partial charge is 0.494 e. The van der Waals surface area contributed by atoms with Crippen molar-refractivity contribution in [3.63, 3.8) is 0 Å². The first kappa shape index (κ1) is 20.0. The van der Waals surface area contributed by atoms with Crippen molar-refractivity contribution in [2.24, 2.45) is 5.10 Å². The number of rotatable bonds is 6. The van der Waals surface area contributed by atoms with Gasteiger partial charge in [0.2, 0.25) is 0 Å². The van der Waals surface area contributed by atoms with Crippen LogP contribution in [0.2, 0.25) is 0 Å². The molecule has 0 saturated heterocycles. The van der Waals surface area contributed by atoms with Crippen LogP contribution in [-0.2, 0) is 0 Å². The first-order valence-electron chi connectivity index (χ1n) is 9.39. The van der Waals surface area contributed by atoms with Crippen LogP contribution in [-0.4, -0.2) is 18.7 Å². The number of fused-ring (bicyclic) bond motifs is 1. The van der Waals surface area contributed by atoms with Gasteiger partial charge in [-0.3, -0.25) is 4.79 Å². The predicted octanol–water partition coefficient (Wildman–Crippen LogP) is 5.93. The number of amides is 1. The second-order valence-corrected chi connectivity index (χ2v) is 7.48. The van der Waals surface area contributed by atoms with E-state index in [9.17, 15) is 4.79 Å². The van der Waals surface area contributed by atoms with E-state index in [1.807, 2.05) is 44.2 Å². The van der Waals surface area contributed by atoms with E-state index in [-0.39, 0.29) is 5.76 Å². The third-order valence-electron chi connectivity index (χ3n) is 4.40. The average molecular weight is 467 g/mol. The van der Waals surface area contributed by atoms with Crippen molar-refractivity contribution in [2.75, 3.05) is 6.61 Å². The van der Waals surface area contributed by atoms with Crippen molar-refractivity contribution in [2.45, 2.75) is 13.8 Å². The highest BCUT2D eigenvalue weighted by molar-refractivity contribution is 9.10. The van der Waals surface area contributed by atoms with Crippen LogP contribution in [0.4, 0.5) is 0 Å². The molecule has 2 aromatic heterocycles. The Morgan fingerprint density at radius 1 is 1.13 bits per heavy atom. The maximum Gasteiger partial charge on any atom is 0.307 e. The van der Waals surface area contributed by atoms with Crippen molar-refractivity contribution in [3.8, 4) is 17.1 Å². The minimum atomic E-state index is -0.450. The summed E-state index contributed by atoms with van der Waals surface area (Å²) < 4.78 is 17.8. The smallest absolute Gasteiger partial charge is 0.307 e. The van der Waals surface area contributed by atoms with Gasteiger partial charge in [0, 0.05) is 15.4 Å². The van der Waals surface area contributed by atoms with Gasteiger partial charge in [-0.25, -0.2) is 5.43 Å². The van der Waals surface area contributed by atoms with Gasteiger partial charge >= 0.3 is 5.91 Å². The minimum absolute atomic E-state index is 0.166. The van der Waals surface area contributed by atoms with Crippen molar-refractivity contribution < 1.29 is 18.4 Å². The molecular weight excluding hydrogens is 448 g/mol. The lowest BCUT2D eigenvalue weighted by Crippen LogP contribution is -2.16. The van der Waals surface area contributed by atoms with E-state index >= 15 is 0 Å². The number of nitrogens with one attached hydrogen (secondary N) is 1. The van der Waals surface area contributed by atoms with Gasteiger partial charge in [0.15, 0.2) is 5.76 Å². The van der Waals surface area contributed by atoms with Gasteiger partial charge in [-0.2, -0.15) is 5.10 Å². The zero-order valence-corrected chi connectivity index (χ0v) is 18.0. The van der Waals surface area contributed by atoms with E-state index in [1.54, 1.807) is 24.3 Å². The van der Waals surface area contributed by atoms with E-state index in [1.165, 1.54) is 6.21 Å². The summed E-state index contributed by atoms with van der Waals surface area (Å²) >= 11 is 3.55. The number of benzene rings is 2. The monoisotopic (exact) mass is 466 g/mol. The summed E-state index contributed by atoms with van der Waals surface area (Å²) in [4.78, 5) is 12.3. The summed E-state index contributed by atoms with van der Waals surface area (Å²) in [6.45, 7) is 4.51. The summed E-state index contributed by atoms with van der Waals surface area (Å²) in [7, 11) is 0. The normalized spacial score (nSPS) is 11.3. The van der Waals surface area contributed by atoms with E-state index < -0.39 is 5.91 Å². The van der Waals surface area contributed by atoms with E-state index in [0.29, 0.717) is 23.7 Å². The highest BCUT2D eigenvalue weighted by Gasteiger charge is 2.12. The Balaban J connectivity index is 1.44. The molecule has 7 heteroatoms. The van der Waals surface area contributed by atoms with Gasteiger partial charge in [0.05, 0.1) is 12.8 Å². The standard InChI is InChI=1S/C23H19BrN2O4/c1-3-28-16-5-8-20-15(11-16)12-22(30-20)23(27)26-25-13-17-6-9-21(29-17)18-7-4-14(2)10-19(18)24/h4-13H,3H2,1-2H3,(H,26,27)/b25-13-. The zero-order chi connectivity index (χ0) is 21.1. The van der Waals surface area contributed by atoms with Crippen molar-refractivity contribution in [3.05, 3.63) is 76.2 Å². The third-order valence-corrected chi connectivity index (χ3v) is 5.05. The molecule has 6 nitrogen and oxygen atoms in total. The van der Waals surface area contributed by atoms with Crippen molar-refractivity contribution in [1.82, 2.24) is 5.43 Å². The Kier molecular flexibility index (Phi) is 5.72. The fourth-order valence-corrected chi connectivity index (χ4v) is 3.67. The fraction of sp³-hybridized carbons (Fsp3) is 0.130. The molecule has 152 valence electrons. The number of carbonyl (C=O) groups excluding carboxylic acids is 1. The number of furan rings is 2. The molecule has 0 saturated carbocycles. The maximum absolute atomic E-state index is 12.3. The molecular formula is C23H19BrN2O4. The number of halogens is 1. The molecule has 0 spiro atoms. The Labute approximate surface area is 181 Å². The fourth-order valence-electron chi connectivity index (χ4n) is 2.99. The number of ether oxygens (including phenoxy) is 1. The molecule has 0 radical (unpaired) electrons. The highest BCUT2D eigenvalue weighted by Crippen LogP contribution is 2.30. The molecule has 0 fully saturated rings. The van der Waals surface area contributed by atoms with E-state index in [0.717, 1.165) is 26.7 Å². The first-order valence-corrected chi connectivity index (χ1v) is 10.2. The lowest BCUT2D eigenvalue weighted by molar-refractivity contribution is 0.0929. The lowest BCUT2D eigenvalue weighted by atomic mass is 10.1. The first-order chi connectivity index (χ1) is 14.5. The number of aryl methyl sites for hydroxylation is 1. The van der Waals surface area contributed by atoms with E-state index in [4.69, 9.17) is 13.6 Å². The van der Waals surface area contributed by atoms with Crippen LogP contribution in [0.25, 0.3) is 22.3 Å². The Hall–Kier alpha value is -3.32. The number of hydrazone groups is 1. The predicted molar refractivity (Wildman–Crippen MR) is 119 cm³/mol. The molecule has 0 unspecified atom stereocenters. The molecule has 4 rings (SSSR count). The number of hydrogen-bond donors (Lipinski definition) is 1. The molecule has 0 aliphatic rings. The van der Waals surface area contributed by atoms with Gasteiger partial charge in [0.1, 0.15) is 22.9 Å². The SMILES string of the molecule is CCOc1ccc2oc(C(=O)N/N=C\c3ccc(-c4ccc(C)cc4Br)o3)cc2c1. The summed E-state index contributed by atoms with van der Waals surface area (Å²) in [6, 6.07) is 16.7. The van der Waals surface area contributed by atoms with E-state index in [2.05, 4.69) is 26.5 Å². The molecule has 4 aromatic rings. The topological polar surface area (TPSA) is 77.0 Å². The molecule has 0 atom stereocenters. The quantitative estimate of drug-likeness (QED) is 0.282. The van der Waals surface area contributed by atoms with Crippen LogP contribution in [0.5, 0.6) is 5.75 Å². The van der Waals surface area contributed by atoms with Gasteiger partial charge in [-0.05, 0) is 67.9 Å². The molecule has 0 aliphatic carbocycles. The zero-order valence-electron chi connectivity index (χ0n) is 16.4. The summed E-state index contributed by atoms with van der Waals surface area (Å²) in [6.07, 6.45) is 1.44. The highest BCUT2D eigenvalue weighted by atomic mass is 79.9. The van der Waals surface area contributed by atoms with Gasteiger partial charge in [0.25, 0.3) is 0 Å². The molecule has 1 amide bonds. The molecule has 0 aliphatic heterocycles. The average Bonchev–Trinajstić information content (AvgIpc) is 3.35. The number of nitrogens with zero attached hydrogens (tertiary/aromatic N) is 1. The second-order valence-electron chi connectivity index (χ2n) is 6.63. The van der Waals surface area contributed by atoms with Crippen LogP contribution in [0.15, 0.2) is 73.0 Å². The van der Waals surface area contributed by atoms with Crippen LogP contribution >= 0.6 is 15.9 Å². The van der Waals surface area contributed by atoms with Gasteiger partial charge in [-0.15, -0.1) is 0 Å². The van der Waals surface area contributed by atoms with Crippen LogP contribution in [0, 0.1) is 6.92 Å². The Bertz CT molecular complexity index is 1240. The van der Waals surface area contributed by atoms with Crippen molar-refractivity contribution >= 4 is 39.0 Å². The minimum Gasteiger partial charge on any atom is -0.494 e. The van der Waals surface area contributed by atoms with Crippen LogP contribution < -0.4 is 10.2 Å². The van der Waals surface area contributed by atoms with Crippen molar-refractivity contribution in [1.29, 1.82) is 0 Å². The Morgan fingerprint density at radius 3 is 2.80 bits per heavy atom. The third kappa shape index (κ3) is 4.31.